The first-order valence-corrected chi connectivity index (χ1v) is 11.5. The van der Waals surface area contributed by atoms with Crippen LogP contribution in [0.5, 0.6) is 5.75 Å². The fourth-order valence-corrected chi connectivity index (χ4v) is 4.96. The van der Waals surface area contributed by atoms with Crippen molar-refractivity contribution >= 4 is 5.91 Å². The molecule has 5 rings (SSSR count). The first-order valence-electron chi connectivity index (χ1n) is 11.5. The van der Waals surface area contributed by atoms with E-state index in [4.69, 9.17) is 4.74 Å². The van der Waals surface area contributed by atoms with Gasteiger partial charge in [0.2, 0.25) is 0 Å². The number of rotatable bonds is 5. The van der Waals surface area contributed by atoms with Crippen molar-refractivity contribution in [1.29, 1.82) is 0 Å². The number of piperidine rings is 1. The number of hydrogen-bond acceptors (Lipinski definition) is 4. The minimum absolute atomic E-state index is 0.0828. The first kappa shape index (κ1) is 19.6. The van der Waals surface area contributed by atoms with Gasteiger partial charge in [-0.05, 0) is 69.7 Å². The van der Waals surface area contributed by atoms with E-state index >= 15 is 0 Å². The zero-order chi connectivity index (χ0) is 20.5. The normalized spacial score (nSPS) is 23.5. The van der Waals surface area contributed by atoms with Crippen LogP contribution in [0.4, 0.5) is 0 Å². The molecule has 0 spiro atoms. The first-order chi connectivity index (χ1) is 14.7. The fraction of sp³-hybridized carbons (Fsp3) is 0.583. The van der Waals surface area contributed by atoms with Gasteiger partial charge in [-0.1, -0.05) is 6.42 Å². The van der Waals surface area contributed by atoms with Gasteiger partial charge in [-0.15, -0.1) is 0 Å². The Morgan fingerprint density at radius 3 is 2.40 bits per heavy atom. The third kappa shape index (κ3) is 3.97. The van der Waals surface area contributed by atoms with Crippen molar-refractivity contribution < 1.29 is 9.53 Å². The average molecular weight is 409 g/mol. The summed E-state index contributed by atoms with van der Waals surface area (Å²) in [7, 11) is 0. The van der Waals surface area contributed by atoms with E-state index in [0.717, 1.165) is 62.8 Å². The topological polar surface area (TPSA) is 50.6 Å². The number of nitrogens with zero attached hydrogens (tertiary/aromatic N) is 4. The smallest absolute Gasteiger partial charge is 0.257 e. The summed E-state index contributed by atoms with van der Waals surface area (Å²) >= 11 is 0. The monoisotopic (exact) mass is 408 g/mol. The molecule has 0 bridgehead atoms. The van der Waals surface area contributed by atoms with Crippen LogP contribution >= 0.6 is 0 Å². The Balaban J connectivity index is 1.17. The van der Waals surface area contributed by atoms with Crippen LogP contribution in [-0.4, -0.2) is 63.3 Å². The summed E-state index contributed by atoms with van der Waals surface area (Å²) < 4.78 is 8.00. The highest BCUT2D eigenvalue weighted by atomic mass is 16.5. The second-order valence-electron chi connectivity index (χ2n) is 9.10. The standard InChI is InChI=1S/C24H32N4O2/c1-18-4-3-13-27(18)24(29)19-16-25-28(17-19)21-7-9-22(10-8-21)30-23-11-14-26(15-12-23)20-5-2-6-20/h7-10,16-18,20,23H,2-6,11-15H2,1H3. The average Bonchev–Trinajstić information content (AvgIpc) is 3.38. The Kier molecular flexibility index (Phi) is 5.50. The number of carbonyl (C=O) groups excluding carboxylic acids is 1. The molecule has 6 heteroatoms. The lowest BCUT2D eigenvalue weighted by Crippen LogP contribution is -2.46. The number of benzene rings is 1. The van der Waals surface area contributed by atoms with E-state index in [9.17, 15) is 4.79 Å². The Morgan fingerprint density at radius 1 is 1.00 bits per heavy atom. The maximum Gasteiger partial charge on any atom is 0.257 e. The van der Waals surface area contributed by atoms with Crippen LogP contribution in [0.2, 0.25) is 0 Å². The third-order valence-corrected chi connectivity index (χ3v) is 7.12. The van der Waals surface area contributed by atoms with Crippen LogP contribution in [-0.2, 0) is 0 Å². The Bertz CT molecular complexity index is 866. The van der Waals surface area contributed by atoms with Crippen molar-refractivity contribution in [2.75, 3.05) is 19.6 Å². The van der Waals surface area contributed by atoms with Crippen LogP contribution < -0.4 is 4.74 Å². The molecule has 6 nitrogen and oxygen atoms in total. The number of aromatic nitrogens is 2. The largest absolute Gasteiger partial charge is 0.490 e. The molecule has 1 aromatic heterocycles. The van der Waals surface area contributed by atoms with E-state index in [1.807, 2.05) is 35.4 Å². The lowest BCUT2D eigenvalue weighted by Gasteiger charge is -2.41. The van der Waals surface area contributed by atoms with E-state index in [0.29, 0.717) is 17.7 Å². The summed E-state index contributed by atoms with van der Waals surface area (Å²) in [6.45, 7) is 5.28. The summed E-state index contributed by atoms with van der Waals surface area (Å²) in [5.74, 6) is 0.995. The molecule has 3 fully saturated rings. The van der Waals surface area contributed by atoms with Gasteiger partial charge in [-0.25, -0.2) is 4.68 Å². The van der Waals surface area contributed by atoms with Gasteiger partial charge in [0.05, 0.1) is 17.4 Å². The van der Waals surface area contributed by atoms with E-state index in [-0.39, 0.29) is 5.91 Å². The van der Waals surface area contributed by atoms with Crippen LogP contribution in [0, 0.1) is 0 Å². The molecule has 2 saturated heterocycles. The van der Waals surface area contributed by atoms with Gasteiger partial charge in [0.15, 0.2) is 0 Å². The molecule has 0 radical (unpaired) electrons. The Hall–Kier alpha value is -2.34. The van der Waals surface area contributed by atoms with Gasteiger partial charge in [0.25, 0.3) is 5.91 Å². The van der Waals surface area contributed by atoms with Gasteiger partial charge < -0.3 is 14.5 Å². The van der Waals surface area contributed by atoms with Crippen LogP contribution in [0.1, 0.15) is 62.2 Å². The quantitative estimate of drug-likeness (QED) is 0.753. The molecule has 3 aliphatic rings. The molecule has 30 heavy (non-hydrogen) atoms. The Morgan fingerprint density at radius 2 is 1.77 bits per heavy atom. The van der Waals surface area contributed by atoms with Gasteiger partial charge in [0.1, 0.15) is 11.9 Å². The highest BCUT2D eigenvalue weighted by Crippen LogP contribution is 2.29. The van der Waals surface area contributed by atoms with Crippen LogP contribution in [0.25, 0.3) is 5.69 Å². The molecular weight excluding hydrogens is 376 g/mol. The lowest BCUT2D eigenvalue weighted by molar-refractivity contribution is 0.0493. The summed E-state index contributed by atoms with van der Waals surface area (Å²) in [6.07, 6.45) is 12.4. The van der Waals surface area contributed by atoms with Crippen LogP contribution in [0.3, 0.4) is 0 Å². The maximum atomic E-state index is 12.7. The summed E-state index contributed by atoms with van der Waals surface area (Å²) in [5, 5.41) is 4.41. The molecule has 1 aromatic carbocycles. The van der Waals surface area contributed by atoms with Crippen molar-refractivity contribution in [2.45, 2.75) is 70.1 Å². The minimum Gasteiger partial charge on any atom is -0.490 e. The van der Waals surface area contributed by atoms with Gasteiger partial charge in [-0.3, -0.25) is 4.79 Å². The molecule has 0 N–H and O–H groups in total. The molecule has 1 aliphatic carbocycles. The van der Waals surface area contributed by atoms with E-state index < -0.39 is 0 Å². The van der Waals surface area contributed by atoms with E-state index in [1.165, 1.54) is 19.3 Å². The molecule has 1 saturated carbocycles. The second-order valence-corrected chi connectivity index (χ2v) is 9.10. The van der Waals surface area contributed by atoms with Crippen molar-refractivity contribution in [1.82, 2.24) is 19.6 Å². The summed E-state index contributed by atoms with van der Waals surface area (Å²) in [4.78, 5) is 17.3. The van der Waals surface area contributed by atoms with Crippen molar-refractivity contribution in [2.24, 2.45) is 0 Å². The SMILES string of the molecule is CC1CCCN1C(=O)c1cnn(-c2ccc(OC3CCN(C4CCC4)CC3)cc2)c1. The molecule has 1 amide bonds. The molecule has 2 aromatic rings. The zero-order valence-electron chi connectivity index (χ0n) is 17.9. The highest BCUT2D eigenvalue weighted by molar-refractivity contribution is 5.94. The van der Waals surface area contributed by atoms with E-state index in [2.05, 4.69) is 16.9 Å². The van der Waals surface area contributed by atoms with Gasteiger partial charge in [-0.2, -0.15) is 5.10 Å². The molecule has 1 atom stereocenters. The van der Waals surface area contributed by atoms with Gasteiger partial charge in [0, 0.05) is 37.9 Å². The second kappa shape index (κ2) is 8.42. The van der Waals surface area contributed by atoms with E-state index in [1.54, 1.807) is 10.9 Å². The lowest BCUT2D eigenvalue weighted by atomic mass is 9.90. The number of ether oxygens (including phenoxy) is 1. The van der Waals surface area contributed by atoms with Gasteiger partial charge >= 0.3 is 0 Å². The highest BCUT2D eigenvalue weighted by Gasteiger charge is 2.29. The molecule has 1 unspecified atom stereocenters. The molecule has 160 valence electrons. The maximum absolute atomic E-state index is 12.7. The van der Waals surface area contributed by atoms with Crippen molar-refractivity contribution in [3.05, 3.63) is 42.2 Å². The molecular formula is C24H32N4O2. The number of likely N-dealkylation sites (tertiary alicyclic amines) is 2. The Labute approximate surface area is 178 Å². The van der Waals surface area contributed by atoms with Crippen molar-refractivity contribution in [3.63, 3.8) is 0 Å². The summed E-state index contributed by atoms with van der Waals surface area (Å²) in [6, 6.07) is 9.21. The van der Waals surface area contributed by atoms with Crippen LogP contribution in [0.15, 0.2) is 36.7 Å². The number of carbonyl (C=O) groups is 1. The third-order valence-electron chi connectivity index (χ3n) is 7.12. The predicted octanol–water partition coefficient (Wildman–Crippen LogP) is 3.89. The fourth-order valence-electron chi connectivity index (χ4n) is 4.96. The summed E-state index contributed by atoms with van der Waals surface area (Å²) in [5.41, 5.74) is 1.60. The predicted molar refractivity (Wildman–Crippen MR) is 116 cm³/mol. The minimum atomic E-state index is 0.0828. The number of hydrogen-bond donors (Lipinski definition) is 0. The number of amides is 1. The van der Waals surface area contributed by atoms with Crippen molar-refractivity contribution in [3.8, 4) is 11.4 Å². The molecule has 2 aliphatic heterocycles. The molecule has 3 heterocycles. The zero-order valence-corrected chi connectivity index (χ0v) is 17.9.